The van der Waals surface area contributed by atoms with Crippen LogP contribution in [0.5, 0.6) is 11.6 Å². The SMILES string of the molecule is Clc1ccc(Oc2cc(Cl)nc(C3CC3)n2)cn1. The van der Waals surface area contributed by atoms with Crippen LogP contribution in [0.15, 0.2) is 24.4 Å². The minimum absolute atomic E-state index is 0.392. The second kappa shape index (κ2) is 4.71. The zero-order chi connectivity index (χ0) is 12.5. The van der Waals surface area contributed by atoms with Gasteiger partial charge in [-0.1, -0.05) is 23.2 Å². The van der Waals surface area contributed by atoms with Crippen molar-refractivity contribution in [2.75, 3.05) is 0 Å². The van der Waals surface area contributed by atoms with E-state index in [0.29, 0.717) is 27.9 Å². The summed E-state index contributed by atoms with van der Waals surface area (Å²) in [7, 11) is 0. The molecule has 18 heavy (non-hydrogen) atoms. The zero-order valence-electron chi connectivity index (χ0n) is 9.31. The van der Waals surface area contributed by atoms with Crippen LogP contribution >= 0.6 is 23.2 Å². The van der Waals surface area contributed by atoms with Gasteiger partial charge in [-0.25, -0.2) is 9.97 Å². The molecule has 0 N–H and O–H groups in total. The average Bonchev–Trinajstić information content (AvgIpc) is 3.15. The molecule has 92 valence electrons. The second-order valence-electron chi connectivity index (χ2n) is 4.08. The number of ether oxygens (including phenoxy) is 1. The largest absolute Gasteiger partial charge is 0.437 e. The van der Waals surface area contributed by atoms with Crippen molar-refractivity contribution in [3.8, 4) is 11.6 Å². The Kier molecular flexibility index (Phi) is 3.06. The summed E-state index contributed by atoms with van der Waals surface area (Å²) >= 11 is 11.6. The number of hydrogen-bond acceptors (Lipinski definition) is 4. The van der Waals surface area contributed by atoms with Crippen molar-refractivity contribution in [1.29, 1.82) is 0 Å². The second-order valence-corrected chi connectivity index (χ2v) is 4.85. The fraction of sp³-hybridized carbons (Fsp3) is 0.250. The standard InChI is InChI=1S/C12H9Cl2N3O/c13-9-4-3-8(6-15-9)18-11-5-10(14)16-12(17-11)7-1-2-7/h3-7H,1-2H2. The molecule has 1 aliphatic carbocycles. The first-order valence-corrected chi connectivity index (χ1v) is 6.30. The van der Waals surface area contributed by atoms with Gasteiger partial charge in [0.15, 0.2) is 0 Å². The Bertz CT molecular complexity index is 570. The van der Waals surface area contributed by atoms with Crippen molar-refractivity contribution >= 4 is 23.2 Å². The molecule has 3 rings (SSSR count). The topological polar surface area (TPSA) is 47.9 Å². The molecule has 0 aliphatic heterocycles. The van der Waals surface area contributed by atoms with Crippen LogP contribution in [0.2, 0.25) is 10.3 Å². The van der Waals surface area contributed by atoms with Gasteiger partial charge in [-0.15, -0.1) is 0 Å². The number of rotatable bonds is 3. The first-order chi connectivity index (χ1) is 8.70. The van der Waals surface area contributed by atoms with Gasteiger partial charge in [0.25, 0.3) is 0 Å². The van der Waals surface area contributed by atoms with E-state index in [4.69, 9.17) is 27.9 Å². The van der Waals surface area contributed by atoms with E-state index in [1.807, 2.05) is 0 Å². The van der Waals surface area contributed by atoms with Gasteiger partial charge in [-0.3, -0.25) is 0 Å². The normalized spacial score (nSPS) is 14.6. The van der Waals surface area contributed by atoms with E-state index in [9.17, 15) is 0 Å². The van der Waals surface area contributed by atoms with E-state index in [1.165, 1.54) is 6.20 Å². The smallest absolute Gasteiger partial charge is 0.224 e. The Hall–Kier alpha value is -1.39. The van der Waals surface area contributed by atoms with E-state index in [-0.39, 0.29) is 0 Å². The average molecular weight is 282 g/mol. The number of aromatic nitrogens is 3. The summed E-state index contributed by atoms with van der Waals surface area (Å²) in [6.07, 6.45) is 3.76. The molecule has 0 unspecified atom stereocenters. The highest BCUT2D eigenvalue weighted by atomic mass is 35.5. The fourth-order valence-electron chi connectivity index (χ4n) is 1.53. The molecular weight excluding hydrogens is 273 g/mol. The lowest BCUT2D eigenvalue weighted by molar-refractivity contribution is 0.456. The Labute approximate surface area is 114 Å². The van der Waals surface area contributed by atoms with Crippen LogP contribution < -0.4 is 4.74 Å². The molecule has 4 nitrogen and oxygen atoms in total. The summed E-state index contributed by atoms with van der Waals surface area (Å²) in [6.45, 7) is 0. The molecule has 0 radical (unpaired) electrons. The predicted octanol–water partition coefficient (Wildman–Crippen LogP) is 3.85. The minimum Gasteiger partial charge on any atom is -0.437 e. The lowest BCUT2D eigenvalue weighted by Crippen LogP contribution is -1.96. The highest BCUT2D eigenvalue weighted by Gasteiger charge is 2.27. The summed E-state index contributed by atoms with van der Waals surface area (Å²) in [5.41, 5.74) is 0. The third-order valence-corrected chi connectivity index (χ3v) is 2.97. The fourth-order valence-corrected chi connectivity index (χ4v) is 1.83. The van der Waals surface area contributed by atoms with Crippen molar-refractivity contribution < 1.29 is 4.74 Å². The van der Waals surface area contributed by atoms with Crippen LogP contribution in [0.25, 0.3) is 0 Å². The van der Waals surface area contributed by atoms with Gasteiger partial charge in [0.1, 0.15) is 21.9 Å². The maximum atomic E-state index is 5.95. The monoisotopic (exact) mass is 281 g/mol. The number of nitrogens with zero attached hydrogens (tertiary/aromatic N) is 3. The molecule has 0 saturated heterocycles. The number of pyridine rings is 1. The summed E-state index contributed by atoms with van der Waals surface area (Å²) in [5.74, 6) is 2.17. The quantitative estimate of drug-likeness (QED) is 0.633. The number of hydrogen-bond donors (Lipinski definition) is 0. The predicted molar refractivity (Wildman–Crippen MR) is 68.3 cm³/mol. The van der Waals surface area contributed by atoms with E-state index in [1.54, 1.807) is 18.2 Å². The Morgan fingerprint density at radius 2 is 1.94 bits per heavy atom. The molecule has 2 aromatic heterocycles. The highest BCUT2D eigenvalue weighted by Crippen LogP contribution is 2.39. The van der Waals surface area contributed by atoms with Crippen LogP contribution in [0, 0.1) is 0 Å². The molecular formula is C12H9Cl2N3O. The molecule has 0 bridgehead atoms. The molecule has 1 saturated carbocycles. The first kappa shape index (κ1) is 11.7. The summed E-state index contributed by atoms with van der Waals surface area (Å²) in [6, 6.07) is 4.96. The van der Waals surface area contributed by atoms with Gasteiger partial charge >= 0.3 is 0 Å². The summed E-state index contributed by atoms with van der Waals surface area (Å²) in [4.78, 5) is 12.5. The maximum Gasteiger partial charge on any atom is 0.224 e. The van der Waals surface area contributed by atoms with Gasteiger partial charge < -0.3 is 4.74 Å². The van der Waals surface area contributed by atoms with Crippen LogP contribution in [0.4, 0.5) is 0 Å². The van der Waals surface area contributed by atoms with Crippen LogP contribution in [-0.2, 0) is 0 Å². The van der Waals surface area contributed by atoms with Crippen molar-refractivity contribution in [1.82, 2.24) is 15.0 Å². The third-order valence-electron chi connectivity index (χ3n) is 2.55. The highest BCUT2D eigenvalue weighted by molar-refractivity contribution is 6.29. The van der Waals surface area contributed by atoms with Crippen molar-refractivity contribution in [2.45, 2.75) is 18.8 Å². The molecule has 0 aromatic carbocycles. The van der Waals surface area contributed by atoms with E-state index < -0.39 is 0 Å². The zero-order valence-corrected chi connectivity index (χ0v) is 10.8. The molecule has 2 heterocycles. The van der Waals surface area contributed by atoms with Gasteiger partial charge in [-0.2, -0.15) is 4.98 Å². The first-order valence-electron chi connectivity index (χ1n) is 5.54. The summed E-state index contributed by atoms with van der Waals surface area (Å²) < 4.78 is 5.58. The van der Waals surface area contributed by atoms with Crippen molar-refractivity contribution in [3.05, 3.63) is 40.5 Å². The van der Waals surface area contributed by atoms with Gasteiger partial charge in [-0.05, 0) is 25.0 Å². The van der Waals surface area contributed by atoms with E-state index >= 15 is 0 Å². The van der Waals surface area contributed by atoms with E-state index in [0.717, 1.165) is 18.7 Å². The van der Waals surface area contributed by atoms with Crippen molar-refractivity contribution in [3.63, 3.8) is 0 Å². The third kappa shape index (κ3) is 2.71. The molecule has 1 aliphatic rings. The van der Waals surface area contributed by atoms with Crippen LogP contribution in [0.1, 0.15) is 24.6 Å². The molecule has 0 amide bonds. The van der Waals surface area contributed by atoms with Crippen molar-refractivity contribution in [2.24, 2.45) is 0 Å². The van der Waals surface area contributed by atoms with Crippen LogP contribution in [-0.4, -0.2) is 15.0 Å². The van der Waals surface area contributed by atoms with Crippen LogP contribution in [0.3, 0.4) is 0 Å². The maximum absolute atomic E-state index is 5.95. The lowest BCUT2D eigenvalue weighted by Gasteiger charge is -2.06. The summed E-state index contributed by atoms with van der Waals surface area (Å²) in [5, 5.41) is 0.811. The molecule has 2 aromatic rings. The van der Waals surface area contributed by atoms with Gasteiger partial charge in [0, 0.05) is 12.0 Å². The molecule has 0 atom stereocenters. The minimum atomic E-state index is 0.392. The Morgan fingerprint density at radius 3 is 2.61 bits per heavy atom. The lowest BCUT2D eigenvalue weighted by atomic mass is 10.4. The van der Waals surface area contributed by atoms with E-state index in [2.05, 4.69) is 15.0 Å². The van der Waals surface area contributed by atoms with Gasteiger partial charge in [0.2, 0.25) is 5.88 Å². The number of halogens is 2. The molecule has 6 heteroatoms. The van der Waals surface area contributed by atoms with Gasteiger partial charge in [0.05, 0.1) is 6.20 Å². The molecule has 1 fully saturated rings. The Balaban J connectivity index is 1.85. The molecule has 0 spiro atoms. The Morgan fingerprint density at radius 1 is 1.11 bits per heavy atom.